The van der Waals surface area contributed by atoms with Crippen molar-refractivity contribution in [3.05, 3.63) is 29.8 Å². The Bertz CT molecular complexity index is 564. The molecule has 1 aromatic rings. The van der Waals surface area contributed by atoms with Crippen LogP contribution in [0.2, 0.25) is 0 Å². The van der Waals surface area contributed by atoms with Crippen LogP contribution >= 0.6 is 0 Å². The zero-order chi connectivity index (χ0) is 16.0. The number of sulfonamides is 1. The molecule has 0 aliphatic heterocycles. The summed E-state index contributed by atoms with van der Waals surface area (Å²) in [4.78, 5) is 11.8. The van der Waals surface area contributed by atoms with Gasteiger partial charge in [0.1, 0.15) is 6.54 Å². The van der Waals surface area contributed by atoms with E-state index < -0.39 is 16.0 Å². The Hall–Kier alpha value is -1.40. The number of hydrogen-bond donors (Lipinski definition) is 0. The van der Waals surface area contributed by atoms with Gasteiger partial charge in [0, 0.05) is 6.54 Å². The van der Waals surface area contributed by atoms with Crippen LogP contribution in [0.5, 0.6) is 0 Å². The van der Waals surface area contributed by atoms with Gasteiger partial charge in [-0.3, -0.25) is 4.79 Å². The first-order chi connectivity index (χ1) is 9.77. The van der Waals surface area contributed by atoms with E-state index in [2.05, 4.69) is 0 Å². The third-order valence-electron chi connectivity index (χ3n) is 2.84. The third-order valence-corrected chi connectivity index (χ3v) is 4.66. The lowest BCUT2D eigenvalue weighted by atomic mass is 10.2. The summed E-state index contributed by atoms with van der Waals surface area (Å²) in [6.07, 6.45) is 0. The minimum atomic E-state index is -3.69. The highest BCUT2D eigenvalue weighted by molar-refractivity contribution is 7.89. The molecule has 0 N–H and O–H groups in total. The number of ether oxygens (including phenoxy) is 1. The van der Waals surface area contributed by atoms with Crippen molar-refractivity contribution in [2.75, 3.05) is 19.7 Å². The van der Waals surface area contributed by atoms with Gasteiger partial charge in [0.2, 0.25) is 10.0 Å². The fourth-order valence-corrected chi connectivity index (χ4v) is 3.41. The monoisotopic (exact) mass is 313 g/mol. The van der Waals surface area contributed by atoms with Crippen LogP contribution < -0.4 is 0 Å². The molecule has 0 aromatic heterocycles. The summed E-state index contributed by atoms with van der Waals surface area (Å²) in [6, 6.07) is 6.60. The molecule has 0 atom stereocenters. The number of rotatable bonds is 7. The molecule has 0 amide bonds. The molecule has 0 spiro atoms. The molecule has 1 rings (SSSR count). The quantitative estimate of drug-likeness (QED) is 0.724. The molecule has 0 bridgehead atoms. The lowest BCUT2D eigenvalue weighted by molar-refractivity contribution is -0.143. The summed E-state index contributed by atoms with van der Waals surface area (Å²) in [5.74, 6) is -0.423. The molecular weight excluding hydrogens is 290 g/mol. The van der Waals surface area contributed by atoms with E-state index in [1.807, 2.05) is 20.8 Å². The van der Waals surface area contributed by atoms with Crippen molar-refractivity contribution < 1.29 is 17.9 Å². The van der Waals surface area contributed by atoms with Crippen molar-refractivity contribution in [2.24, 2.45) is 5.92 Å². The summed E-state index contributed by atoms with van der Waals surface area (Å²) in [6.45, 7) is 7.64. The Morgan fingerprint density at radius 2 is 1.81 bits per heavy atom. The van der Waals surface area contributed by atoms with E-state index in [0.717, 1.165) is 5.56 Å². The first-order valence-electron chi connectivity index (χ1n) is 6.99. The number of nitrogens with zero attached hydrogens (tertiary/aromatic N) is 1. The molecule has 0 unspecified atom stereocenters. The Balaban J connectivity index is 3.05. The van der Waals surface area contributed by atoms with Gasteiger partial charge in [-0.05, 0) is 31.9 Å². The lowest BCUT2D eigenvalue weighted by Crippen LogP contribution is -2.38. The predicted octanol–water partition coefficient (Wildman–Crippen LogP) is 2.20. The van der Waals surface area contributed by atoms with E-state index in [9.17, 15) is 13.2 Å². The highest BCUT2D eigenvalue weighted by atomic mass is 32.2. The van der Waals surface area contributed by atoms with Crippen LogP contribution in [-0.4, -0.2) is 38.4 Å². The van der Waals surface area contributed by atoms with Crippen LogP contribution in [0.3, 0.4) is 0 Å². The average molecular weight is 313 g/mol. The molecule has 0 fully saturated rings. The zero-order valence-corrected chi connectivity index (χ0v) is 13.8. The van der Waals surface area contributed by atoms with Crippen LogP contribution in [0.1, 0.15) is 26.3 Å². The normalized spacial score (nSPS) is 11.9. The molecule has 0 radical (unpaired) electrons. The van der Waals surface area contributed by atoms with E-state index in [-0.39, 0.29) is 30.5 Å². The Labute approximate surface area is 127 Å². The maximum atomic E-state index is 12.6. The SMILES string of the molecule is CCOC(=O)CN(CC(C)C)S(=O)(=O)c1ccc(C)cc1. The molecule has 0 saturated heterocycles. The molecular formula is C15H23NO4S. The number of carbonyl (C=O) groups excluding carboxylic acids is 1. The van der Waals surface area contributed by atoms with Crippen molar-refractivity contribution in [3.8, 4) is 0 Å². The summed E-state index contributed by atoms with van der Waals surface area (Å²) in [7, 11) is -3.69. The van der Waals surface area contributed by atoms with Crippen LogP contribution in [-0.2, 0) is 19.6 Å². The smallest absolute Gasteiger partial charge is 0.321 e. The average Bonchev–Trinajstić information content (AvgIpc) is 2.38. The fourth-order valence-electron chi connectivity index (χ4n) is 1.86. The summed E-state index contributed by atoms with van der Waals surface area (Å²) in [5, 5.41) is 0. The first kappa shape index (κ1) is 17.7. The number of hydrogen-bond acceptors (Lipinski definition) is 4. The van der Waals surface area contributed by atoms with Gasteiger partial charge in [-0.2, -0.15) is 4.31 Å². The van der Waals surface area contributed by atoms with Gasteiger partial charge in [0.25, 0.3) is 0 Å². The predicted molar refractivity (Wildman–Crippen MR) is 81.4 cm³/mol. The molecule has 0 aliphatic rings. The van der Waals surface area contributed by atoms with Gasteiger partial charge in [-0.1, -0.05) is 31.5 Å². The fraction of sp³-hybridized carbons (Fsp3) is 0.533. The van der Waals surface area contributed by atoms with Gasteiger partial charge in [0.05, 0.1) is 11.5 Å². The molecule has 21 heavy (non-hydrogen) atoms. The van der Waals surface area contributed by atoms with Gasteiger partial charge < -0.3 is 4.74 Å². The minimum absolute atomic E-state index is 0.111. The first-order valence-corrected chi connectivity index (χ1v) is 8.43. The van der Waals surface area contributed by atoms with Crippen LogP contribution in [0, 0.1) is 12.8 Å². The van der Waals surface area contributed by atoms with Crippen molar-refractivity contribution >= 4 is 16.0 Å². The van der Waals surface area contributed by atoms with Crippen molar-refractivity contribution in [1.29, 1.82) is 0 Å². The maximum absolute atomic E-state index is 12.6. The number of aryl methyl sites for hydroxylation is 1. The third kappa shape index (κ3) is 5.13. The van der Waals surface area contributed by atoms with E-state index in [0.29, 0.717) is 0 Å². The summed E-state index contributed by atoms with van der Waals surface area (Å²) >= 11 is 0. The lowest BCUT2D eigenvalue weighted by Gasteiger charge is -2.23. The number of benzene rings is 1. The Morgan fingerprint density at radius 1 is 1.24 bits per heavy atom. The van der Waals surface area contributed by atoms with Crippen LogP contribution in [0.25, 0.3) is 0 Å². The molecule has 1 aromatic carbocycles. The second-order valence-corrected chi connectivity index (χ2v) is 7.25. The highest BCUT2D eigenvalue weighted by Gasteiger charge is 2.27. The standard InChI is InChI=1S/C15H23NO4S/c1-5-20-15(17)11-16(10-12(2)3)21(18,19)14-8-6-13(4)7-9-14/h6-9,12H,5,10-11H2,1-4H3. The summed E-state index contributed by atoms with van der Waals surface area (Å²) < 4.78 is 31.3. The molecule has 0 aliphatic carbocycles. The maximum Gasteiger partial charge on any atom is 0.321 e. The van der Waals surface area contributed by atoms with Crippen LogP contribution in [0.4, 0.5) is 0 Å². The van der Waals surface area contributed by atoms with Gasteiger partial charge in [0.15, 0.2) is 0 Å². The molecule has 118 valence electrons. The largest absolute Gasteiger partial charge is 0.465 e. The van der Waals surface area contributed by atoms with E-state index >= 15 is 0 Å². The second kappa shape index (κ2) is 7.56. The summed E-state index contributed by atoms with van der Waals surface area (Å²) in [5.41, 5.74) is 0.981. The topological polar surface area (TPSA) is 63.7 Å². The Morgan fingerprint density at radius 3 is 2.29 bits per heavy atom. The number of esters is 1. The zero-order valence-electron chi connectivity index (χ0n) is 13.0. The molecule has 0 heterocycles. The van der Waals surface area contributed by atoms with E-state index in [1.165, 1.54) is 4.31 Å². The minimum Gasteiger partial charge on any atom is -0.465 e. The van der Waals surface area contributed by atoms with Crippen molar-refractivity contribution in [1.82, 2.24) is 4.31 Å². The van der Waals surface area contributed by atoms with Gasteiger partial charge >= 0.3 is 5.97 Å². The molecule has 0 saturated carbocycles. The highest BCUT2D eigenvalue weighted by Crippen LogP contribution is 2.17. The number of carbonyl (C=O) groups is 1. The van der Waals surface area contributed by atoms with E-state index in [1.54, 1.807) is 31.2 Å². The van der Waals surface area contributed by atoms with Crippen molar-refractivity contribution in [3.63, 3.8) is 0 Å². The van der Waals surface area contributed by atoms with E-state index in [4.69, 9.17) is 4.74 Å². The van der Waals surface area contributed by atoms with Gasteiger partial charge in [-0.25, -0.2) is 8.42 Å². The van der Waals surface area contributed by atoms with Crippen molar-refractivity contribution in [2.45, 2.75) is 32.6 Å². The molecule has 6 heteroatoms. The van der Waals surface area contributed by atoms with Crippen LogP contribution in [0.15, 0.2) is 29.2 Å². The molecule has 5 nitrogen and oxygen atoms in total. The van der Waals surface area contributed by atoms with Gasteiger partial charge in [-0.15, -0.1) is 0 Å². The second-order valence-electron chi connectivity index (χ2n) is 5.31. The Kier molecular flexibility index (Phi) is 6.36.